The summed E-state index contributed by atoms with van der Waals surface area (Å²) in [5, 5.41) is 0.975. The van der Waals surface area contributed by atoms with Crippen LogP contribution >= 0.6 is 23.2 Å². The summed E-state index contributed by atoms with van der Waals surface area (Å²) in [5.74, 6) is -0.807. The number of hydrogen-bond acceptors (Lipinski definition) is 4. The molecule has 6 nitrogen and oxygen atoms in total. The lowest BCUT2D eigenvalue weighted by Crippen LogP contribution is -2.27. The number of pyridine rings is 2. The second kappa shape index (κ2) is 7.27. The first-order chi connectivity index (χ1) is 12.4. The summed E-state index contributed by atoms with van der Waals surface area (Å²) in [6, 6.07) is 3.55. The summed E-state index contributed by atoms with van der Waals surface area (Å²) in [7, 11) is 0. The van der Waals surface area contributed by atoms with Gasteiger partial charge in [-0.2, -0.15) is 0 Å². The fraction of sp³-hybridized carbons (Fsp3) is 0.111. The number of carbonyl (C=O) groups is 2. The second-order valence-corrected chi connectivity index (χ2v) is 6.53. The van der Waals surface area contributed by atoms with Crippen molar-refractivity contribution >= 4 is 57.8 Å². The van der Waals surface area contributed by atoms with Crippen LogP contribution in [0.4, 0.5) is 11.4 Å². The van der Waals surface area contributed by atoms with E-state index in [-0.39, 0.29) is 22.0 Å². The normalized spacial score (nSPS) is 10.7. The van der Waals surface area contributed by atoms with E-state index >= 15 is 0 Å². The molecule has 0 N–H and O–H groups in total. The first-order valence-corrected chi connectivity index (χ1v) is 8.36. The Hall–Kier alpha value is -2.70. The highest BCUT2D eigenvalue weighted by atomic mass is 35.5. The average Bonchev–Trinajstić information content (AvgIpc) is 2.95. The third kappa shape index (κ3) is 3.21. The molecule has 3 heterocycles. The van der Waals surface area contributed by atoms with Gasteiger partial charge in [-0.05, 0) is 19.1 Å². The Morgan fingerprint density at radius 1 is 1.35 bits per heavy atom. The summed E-state index contributed by atoms with van der Waals surface area (Å²) < 4.78 is 1.85. The van der Waals surface area contributed by atoms with Gasteiger partial charge in [0, 0.05) is 36.7 Å². The van der Waals surface area contributed by atoms with Crippen molar-refractivity contribution in [3.8, 4) is 0 Å². The first-order valence-electron chi connectivity index (χ1n) is 7.60. The van der Waals surface area contributed by atoms with Crippen molar-refractivity contribution in [1.29, 1.82) is 0 Å². The number of carbonyl (C=O) groups excluding carboxylic acids is 2. The minimum atomic E-state index is -0.807. The zero-order valence-corrected chi connectivity index (χ0v) is 15.3. The average molecular weight is 389 g/mol. The number of hydrogen-bond donors (Lipinski definition) is 0. The van der Waals surface area contributed by atoms with Gasteiger partial charge in [0.05, 0.1) is 21.4 Å². The fourth-order valence-electron chi connectivity index (χ4n) is 2.71. The van der Waals surface area contributed by atoms with Gasteiger partial charge in [-0.3, -0.25) is 19.5 Å². The molecule has 26 heavy (non-hydrogen) atoms. The lowest BCUT2D eigenvalue weighted by Gasteiger charge is -2.21. The smallest absolute Gasteiger partial charge is 0.295 e. The van der Waals surface area contributed by atoms with Crippen LogP contribution in [0.2, 0.25) is 10.0 Å². The van der Waals surface area contributed by atoms with Gasteiger partial charge in [0.25, 0.3) is 5.91 Å². The highest BCUT2D eigenvalue weighted by Crippen LogP contribution is 2.40. The van der Waals surface area contributed by atoms with Gasteiger partial charge in [-0.15, -0.1) is 0 Å². The maximum absolute atomic E-state index is 12.5. The van der Waals surface area contributed by atoms with Gasteiger partial charge in [0.2, 0.25) is 6.29 Å². The lowest BCUT2D eigenvalue weighted by molar-refractivity contribution is -0.129. The summed E-state index contributed by atoms with van der Waals surface area (Å²) in [6.07, 6.45) is 6.31. The zero-order valence-electron chi connectivity index (χ0n) is 13.8. The number of aromatic nitrogens is 3. The maximum atomic E-state index is 12.5. The molecule has 0 atom stereocenters. The van der Waals surface area contributed by atoms with Gasteiger partial charge in [-0.25, -0.2) is 4.98 Å². The molecule has 0 aromatic carbocycles. The molecular formula is C18H14Cl2N4O2. The number of anilines is 2. The van der Waals surface area contributed by atoms with Crippen LogP contribution in [-0.2, 0) is 16.1 Å². The molecule has 0 aliphatic rings. The number of fused-ring (bicyclic) bond motifs is 1. The molecule has 0 aliphatic heterocycles. The molecular weight excluding hydrogens is 375 g/mol. The molecule has 132 valence electrons. The summed E-state index contributed by atoms with van der Waals surface area (Å²) in [5.41, 5.74) is 2.20. The molecule has 3 aromatic heterocycles. The van der Waals surface area contributed by atoms with Crippen LogP contribution in [0.1, 0.15) is 6.92 Å². The van der Waals surface area contributed by atoms with Crippen LogP contribution in [0.15, 0.2) is 49.1 Å². The van der Waals surface area contributed by atoms with Crippen molar-refractivity contribution in [3.63, 3.8) is 0 Å². The monoisotopic (exact) mass is 388 g/mol. The standard InChI is InChI=1S/C18H14Cl2N4O2/c1-11(2)8-23-9-15(12-4-3-5-22-18(12)23)24(16(26)10-25)17-13(19)6-21-7-14(17)20/h3-7,9-10H,1,8H2,2H3. The summed E-state index contributed by atoms with van der Waals surface area (Å²) in [4.78, 5) is 33.2. The Morgan fingerprint density at radius 2 is 2.04 bits per heavy atom. The Bertz CT molecular complexity index is 1010. The lowest BCUT2D eigenvalue weighted by atomic mass is 10.2. The van der Waals surface area contributed by atoms with Crippen LogP contribution in [-0.4, -0.2) is 26.7 Å². The Morgan fingerprint density at radius 3 is 2.65 bits per heavy atom. The van der Waals surface area contributed by atoms with E-state index in [9.17, 15) is 9.59 Å². The van der Waals surface area contributed by atoms with Crippen molar-refractivity contribution in [2.24, 2.45) is 0 Å². The van der Waals surface area contributed by atoms with Crippen LogP contribution in [0.5, 0.6) is 0 Å². The highest BCUT2D eigenvalue weighted by molar-refractivity contribution is 6.43. The van der Waals surface area contributed by atoms with E-state index in [1.165, 1.54) is 17.3 Å². The third-order valence-electron chi connectivity index (χ3n) is 3.67. The molecule has 3 aromatic rings. The van der Waals surface area contributed by atoms with E-state index in [0.717, 1.165) is 5.57 Å². The predicted octanol–water partition coefficient (Wildman–Crippen LogP) is 4.18. The molecule has 0 spiro atoms. The number of halogens is 2. The molecule has 0 radical (unpaired) electrons. The van der Waals surface area contributed by atoms with Crippen LogP contribution in [0.3, 0.4) is 0 Å². The van der Waals surface area contributed by atoms with Gasteiger partial charge in [-0.1, -0.05) is 35.4 Å². The van der Waals surface area contributed by atoms with Crippen LogP contribution in [0, 0.1) is 0 Å². The highest BCUT2D eigenvalue weighted by Gasteiger charge is 2.26. The fourth-order valence-corrected chi connectivity index (χ4v) is 3.25. The molecule has 0 aliphatic carbocycles. The van der Waals surface area contributed by atoms with Crippen molar-refractivity contribution in [2.75, 3.05) is 4.90 Å². The van der Waals surface area contributed by atoms with Gasteiger partial charge < -0.3 is 4.57 Å². The van der Waals surface area contributed by atoms with Gasteiger partial charge >= 0.3 is 0 Å². The molecule has 3 rings (SSSR count). The number of allylic oxidation sites excluding steroid dienone is 1. The number of nitrogens with zero attached hydrogens (tertiary/aromatic N) is 4. The van der Waals surface area contributed by atoms with E-state index in [2.05, 4.69) is 16.5 Å². The Balaban J connectivity index is 2.31. The van der Waals surface area contributed by atoms with Crippen molar-refractivity contribution < 1.29 is 9.59 Å². The third-order valence-corrected chi connectivity index (χ3v) is 4.22. The van der Waals surface area contributed by atoms with E-state index in [0.29, 0.717) is 23.3 Å². The first kappa shape index (κ1) is 18.1. The van der Waals surface area contributed by atoms with E-state index < -0.39 is 5.91 Å². The molecule has 0 saturated carbocycles. The molecule has 0 saturated heterocycles. The van der Waals surface area contributed by atoms with Crippen LogP contribution in [0.25, 0.3) is 11.0 Å². The van der Waals surface area contributed by atoms with E-state index in [1.807, 2.05) is 11.5 Å². The number of amides is 1. The molecule has 0 unspecified atom stereocenters. The molecule has 1 amide bonds. The van der Waals surface area contributed by atoms with Gasteiger partial charge in [0.1, 0.15) is 5.65 Å². The van der Waals surface area contributed by atoms with Crippen molar-refractivity contribution in [3.05, 3.63) is 59.1 Å². The quantitative estimate of drug-likeness (QED) is 0.373. The van der Waals surface area contributed by atoms with Crippen molar-refractivity contribution in [2.45, 2.75) is 13.5 Å². The molecule has 0 bridgehead atoms. The van der Waals surface area contributed by atoms with E-state index in [4.69, 9.17) is 23.2 Å². The Kier molecular flexibility index (Phi) is 5.06. The minimum Gasteiger partial charge on any atom is -0.326 e. The zero-order chi connectivity index (χ0) is 18.8. The van der Waals surface area contributed by atoms with Crippen LogP contribution < -0.4 is 4.90 Å². The summed E-state index contributed by atoms with van der Waals surface area (Å²) in [6.45, 7) is 6.31. The number of rotatable bonds is 5. The largest absolute Gasteiger partial charge is 0.326 e. The Labute approximate surface area is 159 Å². The summed E-state index contributed by atoms with van der Waals surface area (Å²) >= 11 is 12.4. The van der Waals surface area contributed by atoms with Gasteiger partial charge in [0.15, 0.2) is 0 Å². The topological polar surface area (TPSA) is 68.1 Å². The molecule has 8 heteroatoms. The maximum Gasteiger partial charge on any atom is 0.295 e. The predicted molar refractivity (Wildman–Crippen MR) is 102 cm³/mol. The second-order valence-electron chi connectivity index (χ2n) is 5.72. The SMILES string of the molecule is C=C(C)Cn1cc(N(C(=O)C=O)c2c(Cl)cncc2Cl)c2cccnc21. The number of aldehydes is 1. The minimum absolute atomic E-state index is 0.150. The van der Waals surface area contributed by atoms with E-state index in [1.54, 1.807) is 24.5 Å². The molecule has 0 fully saturated rings. The van der Waals surface area contributed by atoms with Crippen molar-refractivity contribution in [1.82, 2.24) is 14.5 Å².